The number of morpholine rings is 1. The van der Waals surface area contributed by atoms with Gasteiger partial charge in [0.1, 0.15) is 17.9 Å². The second kappa shape index (κ2) is 7.32. The topological polar surface area (TPSA) is 50.8 Å². The molecule has 0 spiro atoms. The van der Waals surface area contributed by atoms with Crippen molar-refractivity contribution in [2.24, 2.45) is 0 Å². The molecule has 2 fully saturated rings. The molecule has 0 radical (unpaired) electrons. The largest absolute Gasteiger partial charge is 0.490 e. The predicted molar refractivity (Wildman–Crippen MR) is 88.8 cm³/mol. The fraction of sp³-hybridized carbons (Fsp3) is 0.611. The molecule has 1 aromatic carbocycles. The van der Waals surface area contributed by atoms with Crippen LogP contribution in [0, 0.1) is 13.8 Å². The summed E-state index contributed by atoms with van der Waals surface area (Å²) in [6.45, 7) is 7.59. The Labute approximate surface area is 137 Å². The third-order valence-corrected chi connectivity index (χ3v) is 4.61. The van der Waals surface area contributed by atoms with Gasteiger partial charge in [0.2, 0.25) is 5.91 Å². The van der Waals surface area contributed by atoms with Crippen LogP contribution in [0.15, 0.2) is 18.2 Å². The van der Waals surface area contributed by atoms with Gasteiger partial charge in [-0.1, -0.05) is 12.1 Å². The van der Waals surface area contributed by atoms with Crippen LogP contribution in [0.25, 0.3) is 0 Å². The molecule has 23 heavy (non-hydrogen) atoms. The summed E-state index contributed by atoms with van der Waals surface area (Å²) < 4.78 is 11.5. The van der Waals surface area contributed by atoms with Gasteiger partial charge in [0, 0.05) is 32.5 Å². The maximum absolute atomic E-state index is 12.5. The van der Waals surface area contributed by atoms with Gasteiger partial charge in [0.15, 0.2) is 0 Å². The molecule has 2 aliphatic rings. The van der Waals surface area contributed by atoms with Crippen molar-refractivity contribution in [1.29, 1.82) is 0 Å². The summed E-state index contributed by atoms with van der Waals surface area (Å²) >= 11 is 0. The number of carbonyl (C=O) groups excluding carboxylic acids is 1. The Hall–Kier alpha value is -1.59. The van der Waals surface area contributed by atoms with Gasteiger partial charge in [0.25, 0.3) is 0 Å². The van der Waals surface area contributed by atoms with Crippen LogP contribution in [0.2, 0.25) is 0 Å². The molecule has 0 unspecified atom stereocenters. The summed E-state index contributed by atoms with van der Waals surface area (Å²) in [5, 5.41) is 3.23. The SMILES string of the molecule is Cc1ccc(C)c(OC2CCN(C(=O)[C@@H]3COCCN3)CC2)c1. The number of nitrogens with one attached hydrogen (secondary N) is 1. The molecule has 5 nitrogen and oxygen atoms in total. The van der Waals surface area contributed by atoms with E-state index >= 15 is 0 Å². The second-order valence-electron chi connectivity index (χ2n) is 6.49. The molecule has 2 heterocycles. The number of aryl methyl sites for hydroxylation is 2. The Morgan fingerprint density at radius 2 is 2.09 bits per heavy atom. The summed E-state index contributed by atoms with van der Waals surface area (Å²) in [7, 11) is 0. The van der Waals surface area contributed by atoms with E-state index < -0.39 is 0 Å². The highest BCUT2D eigenvalue weighted by atomic mass is 16.5. The molecule has 0 aliphatic carbocycles. The van der Waals surface area contributed by atoms with Crippen molar-refractivity contribution in [3.8, 4) is 5.75 Å². The monoisotopic (exact) mass is 318 g/mol. The lowest BCUT2D eigenvalue weighted by atomic mass is 10.1. The molecule has 5 heteroatoms. The molecule has 2 aliphatic heterocycles. The fourth-order valence-corrected chi connectivity index (χ4v) is 3.15. The molecule has 0 bridgehead atoms. The van der Waals surface area contributed by atoms with E-state index in [1.165, 1.54) is 5.56 Å². The van der Waals surface area contributed by atoms with Crippen LogP contribution < -0.4 is 10.1 Å². The summed E-state index contributed by atoms with van der Waals surface area (Å²) in [5.74, 6) is 1.13. The quantitative estimate of drug-likeness (QED) is 0.921. The van der Waals surface area contributed by atoms with E-state index in [1.54, 1.807) is 0 Å². The van der Waals surface area contributed by atoms with Crippen LogP contribution in [0.1, 0.15) is 24.0 Å². The van der Waals surface area contributed by atoms with E-state index in [0.29, 0.717) is 13.2 Å². The number of piperidine rings is 1. The summed E-state index contributed by atoms with van der Waals surface area (Å²) in [6.07, 6.45) is 1.95. The number of ether oxygens (including phenoxy) is 2. The Morgan fingerprint density at radius 3 is 2.78 bits per heavy atom. The predicted octanol–water partition coefficient (Wildman–Crippen LogP) is 1.66. The van der Waals surface area contributed by atoms with Crippen LogP contribution >= 0.6 is 0 Å². The minimum Gasteiger partial charge on any atom is -0.490 e. The second-order valence-corrected chi connectivity index (χ2v) is 6.49. The van der Waals surface area contributed by atoms with Crippen molar-refractivity contribution >= 4 is 5.91 Å². The summed E-state index contributed by atoms with van der Waals surface area (Å²) in [5.41, 5.74) is 2.37. The van der Waals surface area contributed by atoms with Crippen LogP contribution in [-0.4, -0.2) is 55.8 Å². The first-order valence-electron chi connectivity index (χ1n) is 8.47. The number of likely N-dealkylation sites (tertiary alicyclic amines) is 1. The molecule has 1 N–H and O–H groups in total. The standard InChI is InChI=1S/C18H26N2O3/c1-13-3-4-14(2)17(11-13)23-15-5-8-20(9-6-15)18(21)16-12-22-10-7-19-16/h3-4,11,15-16,19H,5-10,12H2,1-2H3/t16-/m0/s1. The van der Waals surface area contributed by atoms with Gasteiger partial charge in [-0.05, 0) is 31.0 Å². The highest BCUT2D eigenvalue weighted by Crippen LogP contribution is 2.24. The zero-order chi connectivity index (χ0) is 16.2. The van der Waals surface area contributed by atoms with Crippen LogP contribution in [0.3, 0.4) is 0 Å². The average Bonchev–Trinajstić information content (AvgIpc) is 2.59. The Balaban J connectivity index is 1.52. The van der Waals surface area contributed by atoms with Gasteiger partial charge in [-0.25, -0.2) is 0 Å². The number of benzene rings is 1. The number of carbonyl (C=O) groups is 1. The Kier molecular flexibility index (Phi) is 5.18. The van der Waals surface area contributed by atoms with Crippen molar-refractivity contribution in [3.05, 3.63) is 29.3 Å². The van der Waals surface area contributed by atoms with Crippen molar-refractivity contribution in [3.63, 3.8) is 0 Å². The fourth-order valence-electron chi connectivity index (χ4n) is 3.15. The van der Waals surface area contributed by atoms with E-state index in [-0.39, 0.29) is 18.1 Å². The number of rotatable bonds is 3. The van der Waals surface area contributed by atoms with E-state index in [0.717, 1.165) is 43.8 Å². The average molecular weight is 318 g/mol. The molecule has 1 atom stereocenters. The lowest BCUT2D eigenvalue weighted by Gasteiger charge is -2.35. The lowest BCUT2D eigenvalue weighted by Crippen LogP contribution is -2.54. The molecular formula is C18H26N2O3. The maximum Gasteiger partial charge on any atom is 0.242 e. The van der Waals surface area contributed by atoms with Crippen LogP contribution in [0.4, 0.5) is 0 Å². The summed E-state index contributed by atoms with van der Waals surface area (Å²) in [4.78, 5) is 14.4. The van der Waals surface area contributed by atoms with E-state index in [9.17, 15) is 4.79 Å². The normalized spacial score (nSPS) is 22.9. The van der Waals surface area contributed by atoms with Gasteiger partial charge in [-0.15, -0.1) is 0 Å². The molecule has 1 aromatic rings. The first kappa shape index (κ1) is 16.3. The zero-order valence-electron chi connectivity index (χ0n) is 14.0. The molecular weight excluding hydrogens is 292 g/mol. The lowest BCUT2D eigenvalue weighted by molar-refractivity contribution is -0.138. The summed E-state index contributed by atoms with van der Waals surface area (Å²) in [6, 6.07) is 6.11. The van der Waals surface area contributed by atoms with E-state index in [1.807, 2.05) is 4.90 Å². The molecule has 3 rings (SSSR count). The highest BCUT2D eigenvalue weighted by Gasteiger charge is 2.30. The van der Waals surface area contributed by atoms with Crippen molar-refractivity contribution in [1.82, 2.24) is 10.2 Å². The smallest absolute Gasteiger partial charge is 0.242 e. The van der Waals surface area contributed by atoms with Gasteiger partial charge in [-0.3, -0.25) is 4.79 Å². The van der Waals surface area contributed by atoms with Gasteiger partial charge >= 0.3 is 0 Å². The van der Waals surface area contributed by atoms with Gasteiger partial charge in [-0.2, -0.15) is 0 Å². The molecule has 0 aromatic heterocycles. The first-order valence-corrected chi connectivity index (χ1v) is 8.47. The highest BCUT2D eigenvalue weighted by molar-refractivity contribution is 5.82. The van der Waals surface area contributed by atoms with Crippen LogP contribution in [0.5, 0.6) is 5.75 Å². The Bertz CT molecular complexity index is 547. The molecule has 0 saturated carbocycles. The van der Waals surface area contributed by atoms with Crippen molar-refractivity contribution < 1.29 is 14.3 Å². The minimum atomic E-state index is -0.180. The zero-order valence-corrected chi connectivity index (χ0v) is 14.0. The van der Waals surface area contributed by atoms with Crippen molar-refractivity contribution in [2.75, 3.05) is 32.8 Å². The third-order valence-electron chi connectivity index (χ3n) is 4.61. The molecule has 126 valence electrons. The van der Waals surface area contributed by atoms with Gasteiger partial charge in [0.05, 0.1) is 13.2 Å². The molecule has 2 saturated heterocycles. The van der Waals surface area contributed by atoms with Crippen molar-refractivity contribution in [2.45, 2.75) is 38.8 Å². The van der Waals surface area contributed by atoms with Crippen LogP contribution in [-0.2, 0) is 9.53 Å². The van der Waals surface area contributed by atoms with E-state index in [2.05, 4.69) is 37.4 Å². The maximum atomic E-state index is 12.5. The number of hydrogen-bond acceptors (Lipinski definition) is 4. The first-order chi connectivity index (χ1) is 11.1. The number of nitrogens with zero attached hydrogens (tertiary/aromatic N) is 1. The third kappa shape index (κ3) is 4.03. The van der Waals surface area contributed by atoms with Gasteiger partial charge < -0.3 is 19.7 Å². The molecule has 1 amide bonds. The van der Waals surface area contributed by atoms with E-state index in [4.69, 9.17) is 9.47 Å². The number of hydrogen-bond donors (Lipinski definition) is 1. The Morgan fingerprint density at radius 1 is 1.30 bits per heavy atom. The number of amides is 1. The minimum absolute atomic E-state index is 0.162.